The molecular weight excluding hydrogens is 369 g/mol. The van der Waals surface area contributed by atoms with Gasteiger partial charge in [-0.25, -0.2) is 4.79 Å². The number of hydrogen-bond acceptors (Lipinski definition) is 2. The Morgan fingerprint density at radius 3 is 2.57 bits per heavy atom. The highest BCUT2D eigenvalue weighted by molar-refractivity contribution is 5.73. The lowest BCUT2D eigenvalue weighted by molar-refractivity contribution is -0.137. The summed E-state index contributed by atoms with van der Waals surface area (Å²) in [5.41, 5.74) is 0.874. The monoisotopic (exact) mass is 396 g/mol. The number of urea groups is 1. The van der Waals surface area contributed by atoms with E-state index in [1.54, 1.807) is 16.9 Å². The maximum atomic E-state index is 12.8. The molecule has 0 saturated heterocycles. The minimum atomic E-state index is -4.35. The number of rotatable bonds is 10. The maximum absolute atomic E-state index is 12.8. The minimum Gasteiger partial charge on any atom is -0.338 e. The molecule has 2 N–H and O–H groups in total. The first-order chi connectivity index (χ1) is 13.4. The van der Waals surface area contributed by atoms with Gasteiger partial charge in [-0.3, -0.25) is 4.68 Å². The van der Waals surface area contributed by atoms with Crippen LogP contribution in [0.1, 0.15) is 49.3 Å². The van der Waals surface area contributed by atoms with E-state index in [0.717, 1.165) is 49.8 Å². The summed E-state index contributed by atoms with van der Waals surface area (Å²) in [6.45, 7) is 3.63. The van der Waals surface area contributed by atoms with Crippen LogP contribution in [-0.4, -0.2) is 28.9 Å². The lowest BCUT2D eigenvalue weighted by atomic mass is 10.1. The Bertz CT molecular complexity index is 743. The van der Waals surface area contributed by atoms with Gasteiger partial charge in [0.15, 0.2) is 0 Å². The number of halogens is 3. The summed E-state index contributed by atoms with van der Waals surface area (Å²) in [4.78, 5) is 11.6. The second-order valence-corrected chi connectivity index (χ2v) is 6.74. The van der Waals surface area contributed by atoms with Crippen LogP contribution >= 0.6 is 0 Å². The number of nitrogens with zero attached hydrogens (tertiary/aromatic N) is 2. The Morgan fingerprint density at radius 2 is 1.86 bits per heavy atom. The fourth-order valence-electron chi connectivity index (χ4n) is 2.79. The average molecular weight is 396 g/mol. The first-order valence-electron chi connectivity index (χ1n) is 9.57. The first kappa shape index (κ1) is 21.8. The van der Waals surface area contributed by atoms with Gasteiger partial charge in [0.1, 0.15) is 0 Å². The first-order valence-corrected chi connectivity index (χ1v) is 9.57. The Labute approximate surface area is 163 Å². The molecule has 0 aliphatic carbocycles. The smallest absolute Gasteiger partial charge is 0.338 e. The molecule has 0 spiro atoms. The van der Waals surface area contributed by atoms with Gasteiger partial charge in [-0.1, -0.05) is 31.9 Å². The van der Waals surface area contributed by atoms with Crippen LogP contribution in [0.2, 0.25) is 0 Å². The molecule has 2 rings (SSSR count). The zero-order chi connectivity index (χ0) is 20.4. The van der Waals surface area contributed by atoms with Crippen LogP contribution < -0.4 is 10.6 Å². The molecule has 0 aliphatic heterocycles. The molecule has 28 heavy (non-hydrogen) atoms. The predicted octanol–water partition coefficient (Wildman–Crippen LogP) is 4.37. The van der Waals surface area contributed by atoms with E-state index < -0.39 is 11.7 Å². The quantitative estimate of drug-likeness (QED) is 0.586. The molecule has 2 amide bonds. The van der Waals surface area contributed by atoms with Gasteiger partial charge in [0.05, 0.1) is 18.3 Å². The van der Waals surface area contributed by atoms with Crippen molar-refractivity contribution in [3.05, 3.63) is 53.3 Å². The van der Waals surface area contributed by atoms with Crippen molar-refractivity contribution in [1.29, 1.82) is 0 Å². The zero-order valence-electron chi connectivity index (χ0n) is 16.1. The molecule has 1 aromatic heterocycles. The van der Waals surface area contributed by atoms with Crippen LogP contribution in [0, 0.1) is 0 Å². The van der Waals surface area contributed by atoms with E-state index in [-0.39, 0.29) is 12.6 Å². The van der Waals surface area contributed by atoms with Crippen molar-refractivity contribution in [3.8, 4) is 0 Å². The number of nitrogens with one attached hydrogen (secondary N) is 2. The van der Waals surface area contributed by atoms with Crippen LogP contribution in [0.15, 0.2) is 36.7 Å². The largest absolute Gasteiger partial charge is 0.416 e. The van der Waals surface area contributed by atoms with Crippen LogP contribution in [0.25, 0.3) is 0 Å². The van der Waals surface area contributed by atoms with Crippen molar-refractivity contribution in [2.24, 2.45) is 0 Å². The van der Waals surface area contributed by atoms with Gasteiger partial charge in [-0.05, 0) is 42.5 Å². The van der Waals surface area contributed by atoms with Gasteiger partial charge < -0.3 is 10.6 Å². The number of aryl methyl sites for hydroxylation is 1. The van der Waals surface area contributed by atoms with Crippen molar-refractivity contribution in [3.63, 3.8) is 0 Å². The van der Waals surface area contributed by atoms with Gasteiger partial charge >= 0.3 is 12.2 Å². The fraction of sp³-hybridized carbons (Fsp3) is 0.500. The highest BCUT2D eigenvalue weighted by atomic mass is 19.4. The molecule has 0 atom stereocenters. The fourth-order valence-corrected chi connectivity index (χ4v) is 2.79. The van der Waals surface area contributed by atoms with Crippen LogP contribution in [0.3, 0.4) is 0 Å². The van der Waals surface area contributed by atoms with E-state index in [0.29, 0.717) is 18.7 Å². The van der Waals surface area contributed by atoms with E-state index in [9.17, 15) is 18.0 Å². The average Bonchev–Trinajstić information content (AvgIpc) is 3.09. The molecule has 8 heteroatoms. The van der Waals surface area contributed by atoms with Gasteiger partial charge in [0.25, 0.3) is 0 Å². The summed E-state index contributed by atoms with van der Waals surface area (Å²) in [6, 6.07) is 5.10. The molecule has 0 aliphatic rings. The SMILES string of the molecule is CCCCCNC(=O)NCCCc1cnn(Cc2cccc(C(F)(F)F)c2)c1. The molecule has 5 nitrogen and oxygen atoms in total. The number of aromatic nitrogens is 2. The second kappa shape index (κ2) is 10.7. The third-order valence-corrected chi connectivity index (χ3v) is 4.28. The number of hydrogen-bond donors (Lipinski definition) is 2. The maximum Gasteiger partial charge on any atom is 0.416 e. The summed E-state index contributed by atoms with van der Waals surface area (Å²) in [5.74, 6) is 0. The summed E-state index contributed by atoms with van der Waals surface area (Å²) in [5, 5.41) is 9.84. The van der Waals surface area contributed by atoms with Crippen LogP contribution in [0.4, 0.5) is 18.0 Å². The Balaban J connectivity index is 1.72. The van der Waals surface area contributed by atoms with Crippen LogP contribution in [0.5, 0.6) is 0 Å². The van der Waals surface area contributed by atoms with E-state index >= 15 is 0 Å². The summed E-state index contributed by atoms with van der Waals surface area (Å²) in [6.07, 6.45) is 3.88. The van der Waals surface area contributed by atoms with Gasteiger partial charge in [-0.2, -0.15) is 18.3 Å². The molecule has 0 fully saturated rings. The standard InChI is InChI=1S/C20H27F3N4O/c1-2-3-4-10-24-19(28)25-11-6-8-17-13-26-27(15-17)14-16-7-5-9-18(12-16)20(21,22)23/h5,7,9,12-13,15H,2-4,6,8,10-11,14H2,1H3,(H2,24,25,28). The summed E-state index contributed by atoms with van der Waals surface area (Å²) >= 11 is 0. The van der Waals surface area contributed by atoms with E-state index in [1.165, 1.54) is 6.07 Å². The topological polar surface area (TPSA) is 59.0 Å². The molecule has 154 valence electrons. The number of carbonyl (C=O) groups is 1. The Kier molecular flexibility index (Phi) is 8.35. The van der Waals surface area contributed by atoms with Gasteiger partial charge in [0.2, 0.25) is 0 Å². The molecule has 0 unspecified atom stereocenters. The molecule has 0 bridgehead atoms. The zero-order valence-corrected chi connectivity index (χ0v) is 16.1. The molecule has 0 radical (unpaired) electrons. The van der Waals surface area contributed by atoms with Crippen molar-refractivity contribution < 1.29 is 18.0 Å². The highest BCUT2D eigenvalue weighted by Gasteiger charge is 2.30. The molecular formula is C20H27F3N4O. The molecule has 1 aromatic carbocycles. The Morgan fingerprint density at radius 1 is 1.11 bits per heavy atom. The number of alkyl halides is 3. The van der Waals surface area contributed by atoms with Gasteiger partial charge in [0, 0.05) is 19.3 Å². The van der Waals surface area contributed by atoms with E-state index in [1.807, 2.05) is 6.20 Å². The van der Waals surface area contributed by atoms with Crippen molar-refractivity contribution >= 4 is 6.03 Å². The molecule has 1 heterocycles. The lowest BCUT2D eigenvalue weighted by Crippen LogP contribution is -2.36. The normalized spacial score (nSPS) is 11.4. The van der Waals surface area contributed by atoms with Crippen molar-refractivity contribution in [2.45, 2.75) is 51.7 Å². The van der Waals surface area contributed by atoms with E-state index in [4.69, 9.17) is 0 Å². The van der Waals surface area contributed by atoms with Gasteiger partial charge in [-0.15, -0.1) is 0 Å². The third-order valence-electron chi connectivity index (χ3n) is 4.28. The summed E-state index contributed by atoms with van der Waals surface area (Å²) in [7, 11) is 0. The minimum absolute atomic E-state index is 0.156. The van der Waals surface area contributed by atoms with Crippen molar-refractivity contribution in [2.75, 3.05) is 13.1 Å². The van der Waals surface area contributed by atoms with Crippen LogP contribution in [-0.2, 0) is 19.1 Å². The lowest BCUT2D eigenvalue weighted by Gasteiger charge is -2.08. The van der Waals surface area contributed by atoms with E-state index in [2.05, 4.69) is 22.7 Å². The number of unbranched alkanes of at least 4 members (excludes halogenated alkanes) is 2. The predicted molar refractivity (Wildman–Crippen MR) is 102 cm³/mol. The third kappa shape index (κ3) is 7.62. The highest BCUT2D eigenvalue weighted by Crippen LogP contribution is 2.29. The number of carbonyl (C=O) groups excluding carboxylic acids is 1. The van der Waals surface area contributed by atoms with Crippen molar-refractivity contribution in [1.82, 2.24) is 20.4 Å². The number of amides is 2. The molecule has 2 aromatic rings. The molecule has 0 saturated carbocycles. The summed E-state index contributed by atoms with van der Waals surface area (Å²) < 4.78 is 40.0. The number of benzene rings is 1. The Hall–Kier alpha value is -2.51. The second-order valence-electron chi connectivity index (χ2n) is 6.74.